The Morgan fingerprint density at radius 3 is 2.74 bits per heavy atom. The number of carbonyl (C=O) groups excluding carboxylic acids is 2. The molecule has 7 nitrogen and oxygen atoms in total. The Labute approximate surface area is 160 Å². The van der Waals surface area contributed by atoms with Crippen LogP contribution in [0.2, 0.25) is 0 Å². The van der Waals surface area contributed by atoms with E-state index >= 15 is 0 Å². The van der Waals surface area contributed by atoms with Gasteiger partial charge in [-0.25, -0.2) is 0 Å². The number of likely N-dealkylation sites (tertiary alicyclic amines) is 2. The van der Waals surface area contributed by atoms with E-state index in [4.69, 9.17) is 10.5 Å². The second kappa shape index (κ2) is 7.86. The molecule has 0 saturated carbocycles. The zero-order valence-electron chi connectivity index (χ0n) is 16.1. The van der Waals surface area contributed by atoms with Crippen LogP contribution in [0.5, 0.6) is 5.75 Å². The average molecular weight is 375 g/mol. The van der Waals surface area contributed by atoms with Crippen molar-refractivity contribution in [1.82, 2.24) is 9.80 Å². The second-order valence-electron chi connectivity index (χ2n) is 7.75. The van der Waals surface area contributed by atoms with Crippen LogP contribution < -0.4 is 10.5 Å². The standard InChI is InChI=1S/C20H29N3O4/c1-14-3-4-17(27-10-7-21)16(11-14)18(25)23-8-5-20(6-9-23)12-15(24)13-22(2)19(20)26/h3-4,11,15,24H,5-10,12-13,21H2,1-2H3. The number of nitrogens with two attached hydrogens (primary N) is 1. The maximum atomic E-state index is 13.1. The molecule has 2 amide bonds. The van der Waals surface area contributed by atoms with Gasteiger partial charge in [-0.15, -0.1) is 0 Å². The fourth-order valence-corrected chi connectivity index (χ4v) is 4.24. The van der Waals surface area contributed by atoms with Gasteiger partial charge in [0, 0.05) is 33.2 Å². The number of piperidine rings is 2. The number of likely N-dealkylation sites (N-methyl/N-ethyl adjacent to an activating group) is 1. The summed E-state index contributed by atoms with van der Waals surface area (Å²) in [5, 5.41) is 10.1. The van der Waals surface area contributed by atoms with Crippen molar-refractivity contribution in [3.63, 3.8) is 0 Å². The molecule has 2 fully saturated rings. The molecule has 0 aromatic heterocycles. The van der Waals surface area contributed by atoms with Crippen molar-refractivity contribution in [1.29, 1.82) is 0 Å². The Hall–Kier alpha value is -2.12. The molecule has 1 atom stereocenters. The highest BCUT2D eigenvalue weighted by molar-refractivity contribution is 5.97. The van der Waals surface area contributed by atoms with Gasteiger partial charge in [-0.05, 0) is 38.3 Å². The van der Waals surface area contributed by atoms with E-state index < -0.39 is 11.5 Å². The summed E-state index contributed by atoms with van der Waals surface area (Å²) in [6, 6.07) is 5.55. The van der Waals surface area contributed by atoms with Gasteiger partial charge in [0.1, 0.15) is 12.4 Å². The van der Waals surface area contributed by atoms with Gasteiger partial charge in [-0.3, -0.25) is 9.59 Å². The first-order valence-corrected chi connectivity index (χ1v) is 9.53. The van der Waals surface area contributed by atoms with Crippen molar-refractivity contribution in [3.8, 4) is 5.75 Å². The number of ether oxygens (including phenoxy) is 1. The highest BCUT2D eigenvalue weighted by Gasteiger charge is 2.48. The number of β-amino-alcohol motifs (C(OH)–C–C–N with tert-alkyl or cyclic N) is 1. The van der Waals surface area contributed by atoms with Crippen LogP contribution in [0.3, 0.4) is 0 Å². The highest BCUT2D eigenvalue weighted by Crippen LogP contribution is 2.41. The van der Waals surface area contributed by atoms with E-state index in [0.717, 1.165) is 5.56 Å². The fraction of sp³-hybridized carbons (Fsp3) is 0.600. The molecule has 1 spiro atoms. The van der Waals surface area contributed by atoms with Crippen LogP contribution in [0.1, 0.15) is 35.2 Å². The number of hydrogen-bond donors (Lipinski definition) is 2. The van der Waals surface area contributed by atoms with Crippen LogP contribution in [-0.4, -0.2) is 72.7 Å². The SMILES string of the molecule is Cc1ccc(OCCN)c(C(=O)N2CCC3(CC2)CC(O)CN(C)C3=O)c1. The summed E-state index contributed by atoms with van der Waals surface area (Å²) in [5.41, 5.74) is 6.49. The smallest absolute Gasteiger partial charge is 0.257 e. The minimum atomic E-state index is -0.547. The third-order valence-corrected chi connectivity index (χ3v) is 5.66. The van der Waals surface area contributed by atoms with Crippen molar-refractivity contribution in [2.75, 3.05) is 39.8 Å². The number of carbonyl (C=O) groups is 2. The van der Waals surface area contributed by atoms with E-state index in [1.54, 1.807) is 22.9 Å². The van der Waals surface area contributed by atoms with Gasteiger partial charge in [0.05, 0.1) is 17.1 Å². The Morgan fingerprint density at radius 2 is 2.07 bits per heavy atom. The quantitative estimate of drug-likeness (QED) is 0.811. The molecule has 1 aromatic rings. The Kier molecular flexibility index (Phi) is 5.72. The van der Waals surface area contributed by atoms with Crippen LogP contribution >= 0.6 is 0 Å². The number of aliphatic hydroxyl groups excluding tert-OH is 1. The number of aryl methyl sites for hydroxylation is 1. The van der Waals surface area contributed by atoms with E-state index in [0.29, 0.717) is 63.4 Å². The lowest BCUT2D eigenvalue weighted by atomic mass is 9.71. The number of benzene rings is 1. The first-order valence-electron chi connectivity index (χ1n) is 9.53. The normalized spacial score (nSPS) is 22.2. The van der Waals surface area contributed by atoms with Crippen molar-refractivity contribution in [2.45, 2.75) is 32.3 Å². The fourth-order valence-electron chi connectivity index (χ4n) is 4.24. The average Bonchev–Trinajstić information content (AvgIpc) is 2.65. The van der Waals surface area contributed by atoms with E-state index in [9.17, 15) is 14.7 Å². The third kappa shape index (κ3) is 3.94. The van der Waals surface area contributed by atoms with Crippen LogP contribution in [0.25, 0.3) is 0 Å². The predicted molar refractivity (Wildman–Crippen MR) is 102 cm³/mol. The molecular weight excluding hydrogens is 346 g/mol. The Morgan fingerprint density at radius 1 is 1.37 bits per heavy atom. The van der Waals surface area contributed by atoms with Gasteiger partial charge in [0.15, 0.2) is 0 Å². The molecule has 0 aliphatic carbocycles. The lowest BCUT2D eigenvalue weighted by Gasteiger charge is -2.47. The predicted octanol–water partition coefficient (Wildman–Crippen LogP) is 0.778. The van der Waals surface area contributed by atoms with Gasteiger partial charge in [-0.1, -0.05) is 11.6 Å². The summed E-state index contributed by atoms with van der Waals surface area (Å²) >= 11 is 0. The van der Waals surface area contributed by atoms with E-state index in [1.165, 1.54) is 0 Å². The summed E-state index contributed by atoms with van der Waals surface area (Å²) in [4.78, 5) is 29.2. The lowest BCUT2D eigenvalue weighted by Crippen LogP contribution is -2.56. The third-order valence-electron chi connectivity index (χ3n) is 5.66. The second-order valence-corrected chi connectivity index (χ2v) is 7.75. The molecule has 7 heteroatoms. The van der Waals surface area contributed by atoms with Gasteiger partial charge < -0.3 is 25.4 Å². The molecule has 148 valence electrons. The summed E-state index contributed by atoms with van der Waals surface area (Å²) in [6.45, 7) is 4.04. The minimum absolute atomic E-state index is 0.0854. The van der Waals surface area contributed by atoms with Crippen molar-refractivity contribution >= 4 is 11.8 Å². The van der Waals surface area contributed by atoms with Crippen LogP contribution in [0.15, 0.2) is 18.2 Å². The number of aliphatic hydroxyl groups is 1. The van der Waals surface area contributed by atoms with Crippen molar-refractivity contribution in [2.24, 2.45) is 11.1 Å². The van der Waals surface area contributed by atoms with Gasteiger partial charge in [0.2, 0.25) is 5.91 Å². The van der Waals surface area contributed by atoms with Gasteiger partial charge >= 0.3 is 0 Å². The zero-order valence-corrected chi connectivity index (χ0v) is 16.1. The highest BCUT2D eigenvalue weighted by atomic mass is 16.5. The van der Waals surface area contributed by atoms with E-state index in [2.05, 4.69) is 0 Å². The van der Waals surface area contributed by atoms with Crippen LogP contribution in [0, 0.1) is 12.3 Å². The molecule has 2 saturated heterocycles. The summed E-state index contributed by atoms with van der Waals surface area (Å²) < 4.78 is 5.64. The number of nitrogens with zero attached hydrogens (tertiary/aromatic N) is 2. The molecular formula is C20H29N3O4. The maximum absolute atomic E-state index is 13.1. The Balaban J connectivity index is 1.74. The van der Waals surface area contributed by atoms with Crippen molar-refractivity contribution in [3.05, 3.63) is 29.3 Å². The van der Waals surface area contributed by atoms with Gasteiger partial charge in [-0.2, -0.15) is 0 Å². The minimum Gasteiger partial charge on any atom is -0.491 e. The molecule has 2 aliphatic heterocycles. The van der Waals surface area contributed by atoms with Crippen LogP contribution in [0.4, 0.5) is 0 Å². The number of rotatable bonds is 4. The largest absolute Gasteiger partial charge is 0.491 e. The van der Waals surface area contributed by atoms with Crippen molar-refractivity contribution < 1.29 is 19.4 Å². The summed E-state index contributed by atoms with van der Waals surface area (Å²) in [5.74, 6) is 0.542. The molecule has 1 aromatic carbocycles. The van der Waals surface area contributed by atoms with E-state index in [-0.39, 0.29) is 11.8 Å². The number of hydrogen-bond acceptors (Lipinski definition) is 5. The number of amides is 2. The zero-order chi connectivity index (χ0) is 19.6. The van der Waals surface area contributed by atoms with E-state index in [1.807, 2.05) is 19.1 Å². The summed E-state index contributed by atoms with van der Waals surface area (Å²) in [7, 11) is 1.73. The molecule has 3 rings (SSSR count). The lowest BCUT2D eigenvalue weighted by molar-refractivity contribution is -0.154. The first kappa shape index (κ1) is 19.6. The molecule has 1 unspecified atom stereocenters. The monoisotopic (exact) mass is 375 g/mol. The molecule has 2 heterocycles. The first-order chi connectivity index (χ1) is 12.9. The molecule has 27 heavy (non-hydrogen) atoms. The maximum Gasteiger partial charge on any atom is 0.257 e. The molecule has 0 bridgehead atoms. The van der Waals surface area contributed by atoms with Gasteiger partial charge in [0.25, 0.3) is 5.91 Å². The van der Waals surface area contributed by atoms with Crippen LogP contribution in [-0.2, 0) is 4.79 Å². The molecule has 3 N–H and O–H groups in total. The molecule has 0 radical (unpaired) electrons. The topological polar surface area (TPSA) is 96.1 Å². The Bertz CT molecular complexity index is 713. The summed E-state index contributed by atoms with van der Waals surface area (Å²) in [6.07, 6.45) is 1.13. The molecule has 2 aliphatic rings.